The minimum atomic E-state index is -1.44. The third-order valence-electron chi connectivity index (χ3n) is 1.15. The van der Waals surface area contributed by atoms with E-state index in [4.69, 9.17) is 19.0 Å². The van der Waals surface area contributed by atoms with Gasteiger partial charge >= 0.3 is 9.53 Å². The summed E-state index contributed by atoms with van der Waals surface area (Å²) < 4.78 is 15.1. The molecule has 1 radical (unpaired) electrons. The summed E-state index contributed by atoms with van der Waals surface area (Å²) in [7, 11) is 1.72. The summed E-state index contributed by atoms with van der Waals surface area (Å²) in [5.41, 5.74) is 5.30. The first-order valence-corrected chi connectivity index (χ1v) is 4.85. The average Bonchev–Trinajstić information content (AvgIpc) is 2.05. The fourth-order valence-corrected chi connectivity index (χ4v) is 1.32. The lowest BCUT2D eigenvalue weighted by atomic mass is 10.3. The van der Waals surface area contributed by atoms with Crippen molar-refractivity contribution in [2.45, 2.75) is 12.8 Å². The largest absolute Gasteiger partial charge is 0.577 e. The van der Waals surface area contributed by atoms with Gasteiger partial charge < -0.3 is 19.0 Å². The third-order valence-corrected chi connectivity index (χ3v) is 2.26. The van der Waals surface area contributed by atoms with Crippen LogP contribution in [-0.2, 0) is 13.3 Å². The highest BCUT2D eigenvalue weighted by atomic mass is 28.3. The number of hydrogen-bond donors (Lipinski definition) is 1. The molecule has 0 aromatic heterocycles. The van der Waals surface area contributed by atoms with E-state index in [9.17, 15) is 0 Å². The van der Waals surface area contributed by atoms with Gasteiger partial charge in [-0.2, -0.15) is 0 Å². The molecule has 2 N–H and O–H groups in total. The van der Waals surface area contributed by atoms with Gasteiger partial charge in [0.1, 0.15) is 0 Å². The molecule has 67 valence electrons. The Morgan fingerprint density at radius 3 is 2.27 bits per heavy atom. The molecule has 0 aliphatic carbocycles. The van der Waals surface area contributed by atoms with Gasteiger partial charge in [-0.05, 0) is 19.4 Å². The Labute approximate surface area is 69.6 Å². The second-order valence-electron chi connectivity index (χ2n) is 2.00. The van der Waals surface area contributed by atoms with Crippen LogP contribution in [0.4, 0.5) is 0 Å². The Morgan fingerprint density at radius 1 is 1.18 bits per heavy atom. The standard InChI is InChI=1S/C6H16NO3Si/c1-8-11(9-2)10-6-4-3-5-7/h3-7H2,1-2H3. The van der Waals surface area contributed by atoms with Gasteiger partial charge in [-0.25, -0.2) is 0 Å². The van der Waals surface area contributed by atoms with E-state index in [2.05, 4.69) is 0 Å². The van der Waals surface area contributed by atoms with Crippen LogP contribution in [0.15, 0.2) is 0 Å². The number of unbranched alkanes of at least 4 members (excludes halogenated alkanes) is 1. The first-order valence-electron chi connectivity index (χ1n) is 3.63. The molecule has 0 atom stereocenters. The van der Waals surface area contributed by atoms with Gasteiger partial charge in [0.05, 0.1) is 0 Å². The van der Waals surface area contributed by atoms with Crippen molar-refractivity contribution in [2.24, 2.45) is 5.73 Å². The number of hydrogen-bond acceptors (Lipinski definition) is 4. The lowest BCUT2D eigenvalue weighted by molar-refractivity contribution is 0.133. The topological polar surface area (TPSA) is 53.7 Å². The molecule has 5 heteroatoms. The second-order valence-corrected chi connectivity index (χ2v) is 3.61. The lowest BCUT2D eigenvalue weighted by Crippen LogP contribution is -2.24. The van der Waals surface area contributed by atoms with Crippen molar-refractivity contribution in [3.05, 3.63) is 0 Å². The van der Waals surface area contributed by atoms with Gasteiger partial charge in [-0.1, -0.05) is 0 Å². The Morgan fingerprint density at radius 2 is 1.82 bits per heavy atom. The van der Waals surface area contributed by atoms with Gasteiger partial charge in [0, 0.05) is 20.8 Å². The van der Waals surface area contributed by atoms with E-state index in [1.807, 2.05) is 0 Å². The number of nitrogens with two attached hydrogens (primary N) is 1. The molecule has 0 saturated carbocycles. The zero-order chi connectivity index (χ0) is 8.53. The van der Waals surface area contributed by atoms with Crippen molar-refractivity contribution in [3.8, 4) is 0 Å². The molecular weight excluding hydrogens is 162 g/mol. The minimum absolute atomic E-state index is 0.674. The monoisotopic (exact) mass is 178 g/mol. The van der Waals surface area contributed by atoms with Gasteiger partial charge in [0.15, 0.2) is 0 Å². The van der Waals surface area contributed by atoms with E-state index >= 15 is 0 Å². The summed E-state index contributed by atoms with van der Waals surface area (Å²) in [4.78, 5) is 0. The maximum Gasteiger partial charge on any atom is 0.577 e. The van der Waals surface area contributed by atoms with Gasteiger partial charge in [-0.3, -0.25) is 0 Å². The zero-order valence-corrected chi connectivity index (χ0v) is 8.13. The van der Waals surface area contributed by atoms with Crippen LogP contribution in [-0.4, -0.2) is 36.9 Å². The molecule has 0 unspecified atom stereocenters. The summed E-state index contributed by atoms with van der Waals surface area (Å²) in [5.74, 6) is 0. The van der Waals surface area contributed by atoms with Crippen molar-refractivity contribution in [2.75, 3.05) is 27.4 Å². The van der Waals surface area contributed by atoms with Crippen LogP contribution < -0.4 is 5.73 Å². The minimum Gasteiger partial charge on any atom is -0.375 e. The average molecular weight is 178 g/mol. The normalized spacial score (nSPS) is 10.9. The van der Waals surface area contributed by atoms with E-state index in [-0.39, 0.29) is 0 Å². The zero-order valence-electron chi connectivity index (χ0n) is 7.13. The van der Waals surface area contributed by atoms with Crippen molar-refractivity contribution in [1.29, 1.82) is 0 Å². The van der Waals surface area contributed by atoms with Gasteiger partial charge in [0.2, 0.25) is 0 Å². The number of rotatable bonds is 7. The highest BCUT2D eigenvalue weighted by Crippen LogP contribution is 1.92. The van der Waals surface area contributed by atoms with Crippen LogP contribution in [0.1, 0.15) is 12.8 Å². The van der Waals surface area contributed by atoms with Gasteiger partial charge in [-0.15, -0.1) is 0 Å². The SMILES string of the molecule is CO[Si](OC)OCCCCN. The lowest BCUT2D eigenvalue weighted by Gasteiger charge is -2.08. The van der Waals surface area contributed by atoms with Crippen LogP contribution in [0.2, 0.25) is 0 Å². The van der Waals surface area contributed by atoms with Crippen molar-refractivity contribution < 1.29 is 13.3 Å². The first-order chi connectivity index (χ1) is 5.35. The Hall–Kier alpha value is 0.0569. The summed E-state index contributed by atoms with van der Waals surface area (Å²) in [6.45, 7) is 1.39. The van der Waals surface area contributed by atoms with E-state index < -0.39 is 9.53 Å². The molecule has 0 heterocycles. The van der Waals surface area contributed by atoms with E-state index in [0.717, 1.165) is 12.8 Å². The summed E-state index contributed by atoms with van der Waals surface area (Å²) in [6.07, 6.45) is 1.96. The fourth-order valence-electron chi connectivity index (χ4n) is 0.603. The van der Waals surface area contributed by atoms with Gasteiger partial charge in [0.25, 0.3) is 0 Å². The molecule has 0 spiro atoms. The molecule has 0 aliphatic rings. The molecule has 0 aromatic carbocycles. The van der Waals surface area contributed by atoms with Crippen molar-refractivity contribution >= 4 is 9.53 Å². The maximum absolute atomic E-state index is 5.30. The van der Waals surface area contributed by atoms with Crippen molar-refractivity contribution in [1.82, 2.24) is 0 Å². The molecule has 0 saturated heterocycles. The predicted molar refractivity (Wildman–Crippen MR) is 44.0 cm³/mol. The molecular formula is C6H16NO3Si. The molecule has 0 rings (SSSR count). The summed E-state index contributed by atoms with van der Waals surface area (Å²) >= 11 is 0. The van der Waals surface area contributed by atoms with E-state index in [1.54, 1.807) is 14.2 Å². The first kappa shape index (κ1) is 11.1. The Bertz CT molecular complexity index is 80.2. The molecule has 0 fully saturated rings. The van der Waals surface area contributed by atoms with Crippen LogP contribution in [0.3, 0.4) is 0 Å². The van der Waals surface area contributed by atoms with Crippen LogP contribution >= 0.6 is 0 Å². The van der Waals surface area contributed by atoms with Crippen LogP contribution in [0.5, 0.6) is 0 Å². The molecule has 0 amide bonds. The molecule has 0 aliphatic heterocycles. The van der Waals surface area contributed by atoms with E-state index in [0.29, 0.717) is 13.2 Å². The quantitative estimate of drug-likeness (QED) is 0.441. The van der Waals surface area contributed by atoms with Crippen LogP contribution in [0.25, 0.3) is 0 Å². The highest BCUT2D eigenvalue weighted by molar-refractivity contribution is 6.36. The predicted octanol–water partition coefficient (Wildman–Crippen LogP) is 0.0196. The fraction of sp³-hybridized carbons (Fsp3) is 1.00. The van der Waals surface area contributed by atoms with Crippen LogP contribution in [0, 0.1) is 0 Å². The molecule has 4 nitrogen and oxygen atoms in total. The highest BCUT2D eigenvalue weighted by Gasteiger charge is 2.13. The smallest absolute Gasteiger partial charge is 0.375 e. The Balaban J connectivity index is 3.07. The molecule has 0 aromatic rings. The van der Waals surface area contributed by atoms with Crippen molar-refractivity contribution in [3.63, 3.8) is 0 Å². The molecule has 11 heavy (non-hydrogen) atoms. The van der Waals surface area contributed by atoms with E-state index in [1.165, 1.54) is 0 Å². The Kier molecular flexibility index (Phi) is 8.20. The maximum atomic E-state index is 5.30. The summed E-state index contributed by atoms with van der Waals surface area (Å²) in [6, 6.07) is 0. The third kappa shape index (κ3) is 6.45. The summed E-state index contributed by atoms with van der Waals surface area (Å²) in [5, 5.41) is 0. The second kappa shape index (κ2) is 8.16. The molecule has 0 bridgehead atoms.